The van der Waals surface area contributed by atoms with Gasteiger partial charge >= 0.3 is 0 Å². The van der Waals surface area contributed by atoms with E-state index in [1.54, 1.807) is 12.1 Å². The third kappa shape index (κ3) is 1.82. The Balaban J connectivity index is 3.23. The van der Waals surface area contributed by atoms with E-state index in [-0.39, 0.29) is 16.0 Å². The summed E-state index contributed by atoms with van der Waals surface area (Å²) in [7, 11) is 0. The van der Waals surface area contributed by atoms with Crippen LogP contribution in [0.2, 0.25) is 5.15 Å². The number of hydrogen-bond donors (Lipinski definition) is 2. The Morgan fingerprint density at radius 2 is 2.18 bits per heavy atom. The van der Waals surface area contributed by atoms with Gasteiger partial charge in [0.15, 0.2) is 0 Å². The molecule has 3 nitrogen and oxygen atoms in total. The second-order valence-corrected chi connectivity index (χ2v) is 2.65. The monoisotopic (exact) mass is 189 g/mol. The SMILES string of the molecule is N=C(Cl)c1nc(Cl)ccc1N. The summed E-state index contributed by atoms with van der Waals surface area (Å²) in [6.07, 6.45) is 0. The Hall–Kier alpha value is -0.800. The minimum Gasteiger partial charge on any atom is -0.397 e. The van der Waals surface area contributed by atoms with Crippen molar-refractivity contribution < 1.29 is 0 Å². The van der Waals surface area contributed by atoms with Crippen LogP contribution in [-0.4, -0.2) is 10.2 Å². The number of nitrogens with zero attached hydrogens (tertiary/aromatic N) is 1. The third-order valence-electron chi connectivity index (χ3n) is 1.10. The average molecular weight is 190 g/mol. The van der Waals surface area contributed by atoms with Crippen molar-refractivity contribution in [1.29, 1.82) is 5.41 Å². The minimum atomic E-state index is -0.204. The number of nitrogens with one attached hydrogen (secondary N) is 1. The first-order valence-corrected chi connectivity index (χ1v) is 3.53. The molecule has 0 spiro atoms. The summed E-state index contributed by atoms with van der Waals surface area (Å²) in [6.45, 7) is 0. The Morgan fingerprint density at radius 1 is 1.55 bits per heavy atom. The second kappa shape index (κ2) is 3.07. The third-order valence-corrected chi connectivity index (χ3v) is 1.49. The average Bonchev–Trinajstić information content (AvgIpc) is 1.94. The van der Waals surface area contributed by atoms with E-state index >= 15 is 0 Å². The van der Waals surface area contributed by atoms with Crippen LogP contribution in [0.3, 0.4) is 0 Å². The fourth-order valence-electron chi connectivity index (χ4n) is 0.622. The van der Waals surface area contributed by atoms with E-state index in [2.05, 4.69) is 4.98 Å². The van der Waals surface area contributed by atoms with Gasteiger partial charge in [-0.15, -0.1) is 0 Å². The maximum absolute atomic E-state index is 7.04. The molecule has 1 aromatic rings. The zero-order chi connectivity index (χ0) is 8.43. The van der Waals surface area contributed by atoms with Crippen LogP contribution in [-0.2, 0) is 0 Å². The van der Waals surface area contributed by atoms with Gasteiger partial charge in [0.2, 0.25) is 0 Å². The summed E-state index contributed by atoms with van der Waals surface area (Å²) < 4.78 is 0. The summed E-state index contributed by atoms with van der Waals surface area (Å²) in [5.41, 5.74) is 6.02. The summed E-state index contributed by atoms with van der Waals surface area (Å²) >= 11 is 10.9. The predicted molar refractivity (Wildman–Crippen MR) is 46.3 cm³/mol. The fourth-order valence-corrected chi connectivity index (χ4v) is 0.921. The molecule has 0 aliphatic carbocycles. The Bertz CT molecular complexity index is 298. The largest absolute Gasteiger partial charge is 0.397 e. The molecule has 0 aliphatic rings. The topological polar surface area (TPSA) is 62.8 Å². The van der Waals surface area contributed by atoms with Gasteiger partial charge in [-0.3, -0.25) is 5.41 Å². The second-order valence-electron chi connectivity index (χ2n) is 1.89. The number of rotatable bonds is 1. The van der Waals surface area contributed by atoms with Crippen molar-refractivity contribution in [2.75, 3.05) is 5.73 Å². The molecule has 0 aliphatic heterocycles. The van der Waals surface area contributed by atoms with Gasteiger partial charge in [-0.05, 0) is 12.1 Å². The summed E-state index contributed by atoms with van der Waals surface area (Å²) in [4.78, 5) is 3.76. The standard InChI is InChI=1S/C6H5Cl2N3/c7-4-2-1-3(9)5(11-4)6(8)10/h1-2,10H,9H2. The molecule has 0 saturated carbocycles. The maximum Gasteiger partial charge on any atom is 0.148 e. The van der Waals surface area contributed by atoms with Crippen molar-refractivity contribution in [3.63, 3.8) is 0 Å². The summed E-state index contributed by atoms with van der Waals surface area (Å²) in [6, 6.07) is 3.10. The first kappa shape index (κ1) is 8.30. The number of hydrogen-bond acceptors (Lipinski definition) is 3. The van der Waals surface area contributed by atoms with E-state index in [4.69, 9.17) is 34.3 Å². The van der Waals surface area contributed by atoms with Gasteiger partial charge in [-0.25, -0.2) is 4.98 Å². The molecule has 0 fully saturated rings. The number of nitrogens with two attached hydrogens (primary N) is 1. The lowest BCUT2D eigenvalue weighted by Crippen LogP contribution is -2.00. The first-order valence-electron chi connectivity index (χ1n) is 2.77. The van der Waals surface area contributed by atoms with Crippen LogP contribution in [0.5, 0.6) is 0 Å². The van der Waals surface area contributed by atoms with Crippen molar-refractivity contribution in [2.45, 2.75) is 0 Å². The molecule has 0 amide bonds. The van der Waals surface area contributed by atoms with E-state index in [9.17, 15) is 0 Å². The van der Waals surface area contributed by atoms with Gasteiger partial charge < -0.3 is 5.73 Å². The zero-order valence-electron chi connectivity index (χ0n) is 5.44. The summed E-state index contributed by atoms with van der Waals surface area (Å²) in [5, 5.41) is 7.11. The van der Waals surface area contributed by atoms with Crippen LogP contribution < -0.4 is 5.73 Å². The molecule has 1 heterocycles. The molecule has 3 N–H and O–H groups in total. The van der Waals surface area contributed by atoms with Gasteiger partial charge in [0.05, 0.1) is 5.69 Å². The van der Waals surface area contributed by atoms with Gasteiger partial charge in [0.25, 0.3) is 0 Å². The maximum atomic E-state index is 7.04. The van der Waals surface area contributed by atoms with Crippen LogP contribution in [0.15, 0.2) is 12.1 Å². The van der Waals surface area contributed by atoms with Gasteiger partial charge in [-0.2, -0.15) is 0 Å². The molecule has 11 heavy (non-hydrogen) atoms. The van der Waals surface area contributed by atoms with Crippen molar-refractivity contribution in [3.05, 3.63) is 23.0 Å². The molecular formula is C6H5Cl2N3. The Morgan fingerprint density at radius 3 is 2.64 bits per heavy atom. The lowest BCUT2D eigenvalue weighted by Gasteiger charge is -1.99. The van der Waals surface area contributed by atoms with Crippen molar-refractivity contribution in [2.24, 2.45) is 0 Å². The first-order chi connectivity index (χ1) is 5.11. The number of anilines is 1. The minimum absolute atomic E-state index is 0.204. The number of pyridine rings is 1. The zero-order valence-corrected chi connectivity index (χ0v) is 6.95. The van der Waals surface area contributed by atoms with Crippen LogP contribution in [0.25, 0.3) is 0 Å². The van der Waals surface area contributed by atoms with Crippen LogP contribution in [0, 0.1) is 5.41 Å². The van der Waals surface area contributed by atoms with Crippen molar-refractivity contribution in [1.82, 2.24) is 4.98 Å². The number of aromatic nitrogens is 1. The highest BCUT2D eigenvalue weighted by atomic mass is 35.5. The highest BCUT2D eigenvalue weighted by molar-refractivity contribution is 6.68. The Labute approximate surface area is 73.6 Å². The molecule has 0 unspecified atom stereocenters. The lowest BCUT2D eigenvalue weighted by atomic mass is 10.3. The van der Waals surface area contributed by atoms with E-state index in [1.807, 2.05) is 0 Å². The van der Waals surface area contributed by atoms with E-state index in [0.29, 0.717) is 5.69 Å². The molecule has 5 heteroatoms. The van der Waals surface area contributed by atoms with Crippen molar-refractivity contribution >= 4 is 34.1 Å². The Kier molecular flexibility index (Phi) is 2.31. The van der Waals surface area contributed by atoms with Gasteiger partial charge in [-0.1, -0.05) is 23.2 Å². The lowest BCUT2D eigenvalue weighted by molar-refractivity contribution is 1.29. The predicted octanol–water partition coefficient (Wildman–Crippen LogP) is 1.88. The van der Waals surface area contributed by atoms with E-state index in [1.165, 1.54) is 0 Å². The molecule has 1 rings (SSSR count). The van der Waals surface area contributed by atoms with Crippen LogP contribution in [0.4, 0.5) is 5.69 Å². The quantitative estimate of drug-likeness (QED) is 0.524. The molecule has 0 radical (unpaired) electrons. The van der Waals surface area contributed by atoms with Gasteiger partial charge in [0.1, 0.15) is 16.0 Å². The van der Waals surface area contributed by atoms with Crippen LogP contribution in [0.1, 0.15) is 5.69 Å². The highest BCUT2D eigenvalue weighted by Gasteiger charge is 2.04. The smallest absolute Gasteiger partial charge is 0.148 e. The van der Waals surface area contributed by atoms with Gasteiger partial charge in [0, 0.05) is 0 Å². The normalized spacial score (nSPS) is 9.64. The summed E-state index contributed by atoms with van der Waals surface area (Å²) in [5.74, 6) is 0. The molecular weight excluding hydrogens is 185 g/mol. The molecule has 0 aromatic carbocycles. The van der Waals surface area contributed by atoms with Crippen molar-refractivity contribution in [3.8, 4) is 0 Å². The number of nitrogen functional groups attached to an aromatic ring is 1. The number of halogens is 2. The molecule has 0 bridgehead atoms. The molecule has 58 valence electrons. The molecule has 1 aromatic heterocycles. The highest BCUT2D eigenvalue weighted by Crippen LogP contribution is 2.14. The van der Waals surface area contributed by atoms with Crippen LogP contribution >= 0.6 is 23.2 Å². The fraction of sp³-hybridized carbons (Fsp3) is 0. The van der Waals surface area contributed by atoms with E-state index in [0.717, 1.165) is 0 Å². The molecule has 0 atom stereocenters. The van der Waals surface area contributed by atoms with E-state index < -0.39 is 0 Å². The molecule has 0 saturated heterocycles.